The van der Waals surface area contributed by atoms with Gasteiger partial charge in [0.15, 0.2) is 11.5 Å². The minimum absolute atomic E-state index is 0.0265. The first-order chi connectivity index (χ1) is 8.96. The van der Waals surface area contributed by atoms with Crippen LogP contribution in [-0.2, 0) is 0 Å². The number of hydrogen-bond donors (Lipinski definition) is 1. The fraction of sp³-hybridized carbons (Fsp3) is 0.500. The molecule has 102 valence electrons. The Hall–Kier alpha value is -1.91. The van der Waals surface area contributed by atoms with Crippen molar-refractivity contribution in [1.29, 1.82) is 0 Å². The van der Waals surface area contributed by atoms with Gasteiger partial charge >= 0.3 is 0 Å². The quantitative estimate of drug-likeness (QED) is 0.785. The predicted octanol–water partition coefficient (Wildman–Crippen LogP) is 1.87. The average molecular weight is 262 g/mol. The van der Waals surface area contributed by atoms with Crippen LogP contribution in [0.25, 0.3) is 0 Å². The summed E-state index contributed by atoms with van der Waals surface area (Å²) >= 11 is 0. The molecule has 19 heavy (non-hydrogen) atoms. The molecule has 2 aliphatic rings. The zero-order valence-corrected chi connectivity index (χ0v) is 11.2. The normalized spacial score (nSPS) is 19.8. The van der Waals surface area contributed by atoms with E-state index < -0.39 is 0 Å². The van der Waals surface area contributed by atoms with E-state index in [9.17, 15) is 4.79 Å². The molecule has 0 atom stereocenters. The molecular formula is C14H18N2O3. The number of amides is 1. The molecule has 5 heteroatoms. The van der Waals surface area contributed by atoms with Crippen LogP contribution in [0, 0.1) is 5.41 Å². The number of nitrogens with two attached hydrogens (primary N) is 1. The fourth-order valence-corrected chi connectivity index (χ4v) is 2.60. The van der Waals surface area contributed by atoms with Crippen molar-refractivity contribution in [2.75, 3.05) is 25.6 Å². The highest BCUT2D eigenvalue weighted by molar-refractivity contribution is 6.00. The van der Waals surface area contributed by atoms with Crippen molar-refractivity contribution in [1.82, 2.24) is 4.90 Å². The van der Waals surface area contributed by atoms with E-state index in [2.05, 4.69) is 13.8 Å². The Labute approximate surface area is 112 Å². The molecule has 1 fully saturated rings. The summed E-state index contributed by atoms with van der Waals surface area (Å²) in [6.45, 7) is 6.06. The number of carbonyl (C=O) groups excluding carboxylic acids is 1. The molecule has 1 amide bonds. The van der Waals surface area contributed by atoms with Crippen LogP contribution in [-0.4, -0.2) is 30.7 Å². The maximum absolute atomic E-state index is 12.5. The van der Waals surface area contributed by atoms with E-state index in [1.807, 2.05) is 4.90 Å². The zero-order chi connectivity index (χ0) is 13.6. The number of fused-ring (bicyclic) bond motifs is 1. The van der Waals surface area contributed by atoms with Crippen LogP contribution < -0.4 is 15.2 Å². The Morgan fingerprint density at radius 1 is 1.32 bits per heavy atom. The highest BCUT2D eigenvalue weighted by atomic mass is 16.7. The number of rotatable bonds is 1. The van der Waals surface area contributed by atoms with Crippen LogP contribution in [0.1, 0.15) is 30.6 Å². The van der Waals surface area contributed by atoms with E-state index in [1.165, 1.54) is 0 Å². The largest absolute Gasteiger partial charge is 0.454 e. The Bertz CT molecular complexity index is 540. The topological polar surface area (TPSA) is 64.8 Å². The highest BCUT2D eigenvalue weighted by Crippen LogP contribution is 2.37. The van der Waals surface area contributed by atoms with Crippen molar-refractivity contribution in [2.45, 2.75) is 20.3 Å². The Kier molecular flexibility index (Phi) is 2.59. The van der Waals surface area contributed by atoms with Gasteiger partial charge in [-0.3, -0.25) is 4.79 Å². The molecular weight excluding hydrogens is 244 g/mol. The first-order valence-electron chi connectivity index (χ1n) is 6.45. The lowest BCUT2D eigenvalue weighted by molar-refractivity contribution is 0.0779. The molecule has 1 aromatic rings. The number of ether oxygens (including phenoxy) is 2. The summed E-state index contributed by atoms with van der Waals surface area (Å²) < 4.78 is 10.5. The van der Waals surface area contributed by atoms with E-state index in [1.54, 1.807) is 12.1 Å². The van der Waals surface area contributed by atoms with Gasteiger partial charge in [-0.25, -0.2) is 0 Å². The van der Waals surface area contributed by atoms with Crippen molar-refractivity contribution < 1.29 is 14.3 Å². The van der Waals surface area contributed by atoms with Gasteiger partial charge in [0.1, 0.15) is 0 Å². The van der Waals surface area contributed by atoms with Gasteiger partial charge in [-0.15, -0.1) is 0 Å². The molecule has 1 saturated heterocycles. The van der Waals surface area contributed by atoms with Gasteiger partial charge in [-0.1, -0.05) is 13.8 Å². The average Bonchev–Trinajstić information content (AvgIpc) is 2.93. The molecule has 0 radical (unpaired) electrons. The molecule has 3 rings (SSSR count). The van der Waals surface area contributed by atoms with Gasteiger partial charge in [0.25, 0.3) is 5.91 Å². The SMILES string of the molecule is CC1(C)CCN(C(=O)c2cc3c(cc2N)OCO3)C1. The second kappa shape index (κ2) is 4.05. The maximum Gasteiger partial charge on any atom is 0.256 e. The molecule has 2 heterocycles. The van der Waals surface area contributed by atoms with Crippen molar-refractivity contribution in [3.63, 3.8) is 0 Å². The van der Waals surface area contributed by atoms with Gasteiger partial charge in [-0.2, -0.15) is 0 Å². The monoisotopic (exact) mass is 262 g/mol. The van der Waals surface area contributed by atoms with Gasteiger partial charge in [-0.05, 0) is 17.9 Å². The van der Waals surface area contributed by atoms with Crippen molar-refractivity contribution >= 4 is 11.6 Å². The van der Waals surface area contributed by atoms with Gasteiger partial charge < -0.3 is 20.1 Å². The molecule has 0 aromatic heterocycles. The molecule has 0 bridgehead atoms. The first-order valence-corrected chi connectivity index (χ1v) is 6.45. The zero-order valence-electron chi connectivity index (χ0n) is 11.2. The molecule has 0 spiro atoms. The summed E-state index contributed by atoms with van der Waals surface area (Å²) in [6, 6.07) is 3.35. The number of nitrogen functional groups attached to an aromatic ring is 1. The molecule has 5 nitrogen and oxygen atoms in total. The predicted molar refractivity (Wildman–Crippen MR) is 71.3 cm³/mol. The van der Waals surface area contributed by atoms with E-state index in [0.717, 1.165) is 19.5 Å². The summed E-state index contributed by atoms with van der Waals surface area (Å²) in [4.78, 5) is 14.4. The summed E-state index contributed by atoms with van der Waals surface area (Å²) in [5.74, 6) is 1.17. The maximum atomic E-state index is 12.5. The van der Waals surface area contributed by atoms with Crippen LogP contribution in [0.2, 0.25) is 0 Å². The smallest absolute Gasteiger partial charge is 0.256 e. The number of hydrogen-bond acceptors (Lipinski definition) is 4. The number of carbonyl (C=O) groups is 1. The van der Waals surface area contributed by atoms with E-state index in [0.29, 0.717) is 22.7 Å². The molecule has 1 aromatic carbocycles. The molecule has 2 N–H and O–H groups in total. The summed E-state index contributed by atoms with van der Waals surface area (Å²) in [5.41, 5.74) is 7.07. The second-order valence-corrected chi connectivity index (χ2v) is 5.93. The third kappa shape index (κ3) is 2.09. The molecule has 2 aliphatic heterocycles. The number of benzene rings is 1. The lowest BCUT2D eigenvalue weighted by atomic mass is 9.93. The summed E-state index contributed by atoms with van der Waals surface area (Å²) in [5, 5.41) is 0. The fourth-order valence-electron chi connectivity index (χ4n) is 2.60. The second-order valence-electron chi connectivity index (χ2n) is 5.93. The summed E-state index contributed by atoms with van der Waals surface area (Å²) in [6.07, 6.45) is 1.02. The first kappa shape index (κ1) is 12.1. The third-order valence-corrected chi connectivity index (χ3v) is 3.74. The van der Waals surface area contributed by atoms with E-state index >= 15 is 0 Å². The van der Waals surface area contributed by atoms with Crippen LogP contribution >= 0.6 is 0 Å². The number of anilines is 1. The van der Waals surface area contributed by atoms with Crippen LogP contribution in [0.3, 0.4) is 0 Å². The highest BCUT2D eigenvalue weighted by Gasteiger charge is 2.33. The van der Waals surface area contributed by atoms with Gasteiger partial charge in [0, 0.05) is 24.8 Å². The Morgan fingerprint density at radius 3 is 2.63 bits per heavy atom. The minimum Gasteiger partial charge on any atom is -0.454 e. The number of nitrogens with zero attached hydrogens (tertiary/aromatic N) is 1. The molecule has 0 saturated carbocycles. The van der Waals surface area contributed by atoms with Gasteiger partial charge in [0.2, 0.25) is 6.79 Å². The lowest BCUT2D eigenvalue weighted by Crippen LogP contribution is -2.30. The van der Waals surface area contributed by atoms with Crippen LogP contribution in [0.5, 0.6) is 11.5 Å². The number of likely N-dealkylation sites (tertiary alicyclic amines) is 1. The van der Waals surface area contributed by atoms with Gasteiger partial charge in [0.05, 0.1) is 5.56 Å². The van der Waals surface area contributed by atoms with Crippen molar-refractivity contribution in [3.8, 4) is 11.5 Å². The van der Waals surface area contributed by atoms with Crippen LogP contribution in [0.15, 0.2) is 12.1 Å². The third-order valence-electron chi connectivity index (χ3n) is 3.74. The molecule has 0 unspecified atom stereocenters. The minimum atomic E-state index is -0.0265. The Morgan fingerprint density at radius 2 is 2.00 bits per heavy atom. The van der Waals surface area contributed by atoms with Crippen molar-refractivity contribution in [3.05, 3.63) is 17.7 Å². The van der Waals surface area contributed by atoms with E-state index in [-0.39, 0.29) is 18.1 Å². The standard InChI is InChI=1S/C14H18N2O3/c1-14(2)3-4-16(7-14)13(17)9-5-11-12(6-10(9)15)19-8-18-11/h5-6H,3-4,7-8,15H2,1-2H3. The van der Waals surface area contributed by atoms with E-state index in [4.69, 9.17) is 15.2 Å². The van der Waals surface area contributed by atoms with Crippen molar-refractivity contribution in [2.24, 2.45) is 5.41 Å². The summed E-state index contributed by atoms with van der Waals surface area (Å²) in [7, 11) is 0. The lowest BCUT2D eigenvalue weighted by Gasteiger charge is -2.20. The Balaban J connectivity index is 1.88. The van der Waals surface area contributed by atoms with Crippen LogP contribution in [0.4, 0.5) is 5.69 Å². The molecule has 0 aliphatic carbocycles.